The molecular weight excluding hydrogens is 618 g/mol. The zero-order valence-electron chi connectivity index (χ0n) is 18.3. The first-order valence-electron chi connectivity index (χ1n) is 10.8. The van der Waals surface area contributed by atoms with Crippen LogP contribution >= 0.6 is 43.5 Å². The summed E-state index contributed by atoms with van der Waals surface area (Å²) in [6, 6.07) is 16.2. The van der Waals surface area contributed by atoms with Gasteiger partial charge in [0, 0.05) is 64.8 Å². The topological polar surface area (TPSA) is 78.4 Å². The molecule has 0 bridgehead atoms. The van der Waals surface area contributed by atoms with Gasteiger partial charge in [0.25, 0.3) is 0 Å². The van der Waals surface area contributed by atoms with E-state index in [1.54, 1.807) is 36.7 Å². The maximum atomic E-state index is 13.3. The lowest BCUT2D eigenvalue weighted by molar-refractivity contribution is 0.383. The molecule has 4 aromatic rings. The Labute approximate surface area is 225 Å². The van der Waals surface area contributed by atoms with Crippen LogP contribution in [0.1, 0.15) is 0 Å². The van der Waals surface area contributed by atoms with E-state index in [0.717, 1.165) is 37.0 Å². The van der Waals surface area contributed by atoms with Crippen molar-refractivity contribution in [2.75, 3.05) is 36.4 Å². The van der Waals surface area contributed by atoms with Crippen molar-refractivity contribution in [2.24, 2.45) is 0 Å². The summed E-state index contributed by atoms with van der Waals surface area (Å²) in [5.74, 6) is 0.812. The van der Waals surface area contributed by atoms with Crippen LogP contribution in [-0.2, 0) is 10.0 Å². The first kappa shape index (κ1) is 24.5. The predicted molar refractivity (Wildman–Crippen MR) is 147 cm³/mol. The van der Waals surface area contributed by atoms with Gasteiger partial charge in [0.2, 0.25) is 10.0 Å². The fourth-order valence-corrected chi connectivity index (χ4v) is 6.85. The van der Waals surface area contributed by atoms with Crippen molar-refractivity contribution in [1.29, 1.82) is 0 Å². The van der Waals surface area contributed by atoms with E-state index in [2.05, 4.69) is 52.0 Å². The van der Waals surface area contributed by atoms with Gasteiger partial charge in [-0.1, -0.05) is 11.6 Å². The largest absolute Gasteiger partial charge is 0.355 e. The number of sulfonamides is 1. The summed E-state index contributed by atoms with van der Waals surface area (Å²) in [7, 11) is -3.60. The highest BCUT2D eigenvalue weighted by Gasteiger charge is 2.29. The Bertz CT molecular complexity index is 1490. The molecule has 2 aromatic carbocycles. The molecule has 2 aromatic heterocycles. The molecule has 1 fully saturated rings. The number of hydrogen-bond donors (Lipinski definition) is 1. The van der Waals surface area contributed by atoms with Crippen molar-refractivity contribution < 1.29 is 8.42 Å². The zero-order chi connectivity index (χ0) is 24.6. The quantitative estimate of drug-likeness (QED) is 0.287. The van der Waals surface area contributed by atoms with Gasteiger partial charge in [-0.2, -0.15) is 4.31 Å². The lowest BCUT2D eigenvalue weighted by Crippen LogP contribution is -2.49. The van der Waals surface area contributed by atoms with Crippen LogP contribution in [0.3, 0.4) is 0 Å². The van der Waals surface area contributed by atoms with Gasteiger partial charge in [0.1, 0.15) is 5.82 Å². The third-order valence-electron chi connectivity index (χ3n) is 5.80. The van der Waals surface area contributed by atoms with Crippen LogP contribution in [0.2, 0.25) is 5.02 Å². The molecule has 7 nitrogen and oxygen atoms in total. The number of halogens is 3. The molecule has 0 atom stereocenters. The van der Waals surface area contributed by atoms with Gasteiger partial charge in [-0.3, -0.25) is 4.98 Å². The van der Waals surface area contributed by atoms with Crippen LogP contribution in [0.4, 0.5) is 17.2 Å². The van der Waals surface area contributed by atoms with Crippen LogP contribution in [0.5, 0.6) is 0 Å². The average Bonchev–Trinajstić information content (AvgIpc) is 2.84. The molecule has 1 aliphatic heterocycles. The number of pyridine rings is 2. The third-order valence-corrected chi connectivity index (χ3v) is 8.97. The van der Waals surface area contributed by atoms with Crippen LogP contribution in [0, 0.1) is 0 Å². The molecule has 35 heavy (non-hydrogen) atoms. The van der Waals surface area contributed by atoms with Gasteiger partial charge in [0.05, 0.1) is 14.9 Å². The number of nitrogens with zero attached hydrogens (tertiary/aromatic N) is 4. The highest BCUT2D eigenvalue weighted by molar-refractivity contribution is 9.11. The highest BCUT2D eigenvalue weighted by Crippen LogP contribution is 2.30. The summed E-state index contributed by atoms with van der Waals surface area (Å²) >= 11 is 13.0. The van der Waals surface area contributed by atoms with Gasteiger partial charge in [-0.15, -0.1) is 0 Å². The predicted octanol–water partition coefficient (Wildman–Crippen LogP) is 6.06. The normalized spacial score (nSPS) is 14.9. The molecule has 0 amide bonds. The number of piperazine rings is 1. The van der Waals surface area contributed by atoms with Crippen molar-refractivity contribution in [3.8, 4) is 0 Å². The number of nitrogens with one attached hydrogen (secondary N) is 1. The first-order chi connectivity index (χ1) is 16.8. The Morgan fingerprint density at radius 3 is 2.37 bits per heavy atom. The smallest absolute Gasteiger partial charge is 0.243 e. The molecule has 1 N–H and O–H groups in total. The number of fused-ring (bicyclic) bond motifs is 1. The lowest BCUT2D eigenvalue weighted by Gasteiger charge is -2.35. The van der Waals surface area contributed by atoms with Gasteiger partial charge in [-0.25, -0.2) is 13.4 Å². The Balaban J connectivity index is 1.29. The Morgan fingerprint density at radius 2 is 1.66 bits per heavy atom. The molecular formula is C24H20Br2ClN5O2S. The summed E-state index contributed by atoms with van der Waals surface area (Å²) in [4.78, 5) is 11.2. The van der Waals surface area contributed by atoms with E-state index in [-0.39, 0.29) is 4.90 Å². The molecule has 1 saturated heterocycles. The van der Waals surface area contributed by atoms with Crippen molar-refractivity contribution in [1.82, 2.24) is 14.3 Å². The molecule has 0 radical (unpaired) electrons. The van der Waals surface area contributed by atoms with E-state index in [4.69, 9.17) is 11.6 Å². The second-order valence-corrected chi connectivity index (χ2v) is 12.2. The Morgan fingerprint density at radius 1 is 0.914 bits per heavy atom. The maximum absolute atomic E-state index is 13.3. The monoisotopic (exact) mass is 635 g/mol. The number of aromatic nitrogens is 2. The van der Waals surface area contributed by atoms with Crippen molar-refractivity contribution >= 4 is 81.6 Å². The average molecular weight is 638 g/mol. The minimum atomic E-state index is -3.60. The standard InChI is InChI=1S/C24H20Br2ClN5O2S/c25-16-13-21(26)24(29-15-16)31-9-11-32(12-10-31)35(33,34)19-4-2-18(3-5-19)30-22-7-8-28-23-14-17(27)1-6-20(22)23/h1-8,13-15H,9-12H2,(H,28,30). The molecule has 0 saturated carbocycles. The van der Waals surface area contributed by atoms with Gasteiger partial charge < -0.3 is 10.2 Å². The van der Waals surface area contributed by atoms with Crippen molar-refractivity contribution in [3.63, 3.8) is 0 Å². The van der Waals surface area contributed by atoms with Crippen LogP contribution in [0.15, 0.2) is 80.8 Å². The Kier molecular flexibility index (Phi) is 7.00. The molecule has 11 heteroatoms. The van der Waals surface area contributed by atoms with Crippen molar-refractivity contribution in [3.05, 3.63) is 81.0 Å². The second-order valence-electron chi connectivity index (χ2n) is 8.02. The zero-order valence-corrected chi connectivity index (χ0v) is 23.1. The number of hydrogen-bond acceptors (Lipinski definition) is 6. The fraction of sp³-hybridized carbons (Fsp3) is 0.167. The summed E-state index contributed by atoms with van der Waals surface area (Å²) in [6.45, 7) is 1.90. The second kappa shape index (κ2) is 10.0. The molecule has 180 valence electrons. The molecule has 0 spiro atoms. The van der Waals surface area contributed by atoms with Crippen LogP contribution in [-0.4, -0.2) is 48.9 Å². The van der Waals surface area contributed by atoms with E-state index in [9.17, 15) is 8.42 Å². The number of benzene rings is 2. The van der Waals surface area contributed by atoms with E-state index < -0.39 is 10.0 Å². The van der Waals surface area contributed by atoms with Crippen LogP contribution < -0.4 is 10.2 Å². The molecule has 3 heterocycles. The van der Waals surface area contributed by atoms with Crippen LogP contribution in [0.25, 0.3) is 10.9 Å². The first-order valence-corrected chi connectivity index (χ1v) is 14.2. The lowest BCUT2D eigenvalue weighted by atomic mass is 10.2. The van der Waals surface area contributed by atoms with Gasteiger partial charge in [-0.05, 0) is 86.5 Å². The van der Waals surface area contributed by atoms with Gasteiger partial charge >= 0.3 is 0 Å². The molecule has 0 unspecified atom stereocenters. The summed E-state index contributed by atoms with van der Waals surface area (Å²) in [5, 5.41) is 4.90. The van der Waals surface area contributed by atoms with E-state index in [1.165, 1.54) is 4.31 Å². The SMILES string of the molecule is O=S(=O)(c1ccc(Nc2ccnc3cc(Cl)ccc23)cc1)N1CCN(c2ncc(Br)cc2Br)CC1. The Hall–Kier alpha value is -2.24. The third kappa shape index (κ3) is 5.17. The summed E-state index contributed by atoms with van der Waals surface area (Å²) < 4.78 is 29.8. The maximum Gasteiger partial charge on any atom is 0.243 e. The van der Waals surface area contributed by atoms with E-state index in [0.29, 0.717) is 31.2 Å². The van der Waals surface area contributed by atoms with Gasteiger partial charge in [0.15, 0.2) is 0 Å². The number of rotatable bonds is 5. The van der Waals surface area contributed by atoms with E-state index in [1.807, 2.05) is 30.3 Å². The fourth-order valence-electron chi connectivity index (χ4n) is 4.03. The summed E-state index contributed by atoms with van der Waals surface area (Å²) in [5.41, 5.74) is 2.43. The minimum absolute atomic E-state index is 0.269. The molecule has 0 aliphatic carbocycles. The number of anilines is 3. The minimum Gasteiger partial charge on any atom is -0.355 e. The van der Waals surface area contributed by atoms with E-state index >= 15 is 0 Å². The summed E-state index contributed by atoms with van der Waals surface area (Å²) in [6.07, 6.45) is 3.45. The molecule has 1 aliphatic rings. The van der Waals surface area contributed by atoms with Crippen molar-refractivity contribution in [2.45, 2.75) is 4.90 Å². The molecule has 5 rings (SSSR count). The highest BCUT2D eigenvalue weighted by atomic mass is 79.9.